The van der Waals surface area contributed by atoms with Crippen molar-refractivity contribution in [2.75, 3.05) is 31.2 Å². The van der Waals surface area contributed by atoms with E-state index in [9.17, 15) is 0 Å². The van der Waals surface area contributed by atoms with E-state index in [-0.39, 0.29) is 0 Å². The van der Waals surface area contributed by atoms with Gasteiger partial charge in [0.25, 0.3) is 0 Å². The van der Waals surface area contributed by atoms with Crippen LogP contribution < -0.4 is 4.90 Å². The minimum Gasteiger partial charge on any atom is -0.378 e. The van der Waals surface area contributed by atoms with Crippen molar-refractivity contribution in [2.45, 2.75) is 25.8 Å². The molecule has 4 heteroatoms. The van der Waals surface area contributed by atoms with Crippen LogP contribution in [-0.2, 0) is 4.74 Å². The Labute approximate surface area is 125 Å². The Morgan fingerprint density at radius 1 is 1.10 bits per heavy atom. The number of hydrogen-bond acceptors (Lipinski definition) is 3. The third-order valence-corrected chi connectivity index (χ3v) is 4.39. The molecular formula is C17H21N3O. The smallest absolute Gasteiger partial charge is 0.0672 e. The van der Waals surface area contributed by atoms with Crippen LogP contribution in [0.1, 0.15) is 24.6 Å². The average Bonchev–Trinajstić information content (AvgIpc) is 3.31. The molecule has 0 amide bonds. The molecule has 1 aromatic heterocycles. The molecular weight excluding hydrogens is 262 g/mol. The maximum absolute atomic E-state index is 5.41. The predicted molar refractivity (Wildman–Crippen MR) is 83.7 cm³/mol. The van der Waals surface area contributed by atoms with Gasteiger partial charge in [-0.15, -0.1) is 0 Å². The molecule has 1 aromatic carbocycles. The van der Waals surface area contributed by atoms with Crippen molar-refractivity contribution in [3.8, 4) is 11.1 Å². The summed E-state index contributed by atoms with van der Waals surface area (Å²) in [5, 5.41) is 4.65. The summed E-state index contributed by atoms with van der Waals surface area (Å²) in [7, 11) is 0. The highest BCUT2D eigenvalue weighted by atomic mass is 16.5. The monoisotopic (exact) mass is 283 g/mol. The molecule has 2 fully saturated rings. The molecule has 0 bridgehead atoms. The van der Waals surface area contributed by atoms with Gasteiger partial charge in [0, 0.05) is 30.5 Å². The molecule has 2 aliphatic rings. The quantitative estimate of drug-likeness (QED) is 0.867. The Kier molecular flexibility index (Phi) is 3.19. The maximum atomic E-state index is 5.41. The first-order chi connectivity index (χ1) is 10.3. The van der Waals surface area contributed by atoms with Crippen molar-refractivity contribution >= 4 is 5.69 Å². The topological polar surface area (TPSA) is 30.3 Å². The SMILES string of the molecule is Cc1nn(C2CC2)cc1-c1ccc(N2CCOCC2)cc1. The Hall–Kier alpha value is -1.81. The molecule has 1 saturated heterocycles. The fraction of sp³-hybridized carbons (Fsp3) is 0.471. The van der Waals surface area contributed by atoms with Gasteiger partial charge in [-0.1, -0.05) is 12.1 Å². The molecule has 4 nitrogen and oxygen atoms in total. The van der Waals surface area contributed by atoms with E-state index in [4.69, 9.17) is 4.74 Å². The summed E-state index contributed by atoms with van der Waals surface area (Å²) in [5.74, 6) is 0. The zero-order chi connectivity index (χ0) is 14.2. The standard InChI is InChI=1S/C17H21N3O/c1-13-17(12-20(18-13)16-6-7-16)14-2-4-15(5-3-14)19-8-10-21-11-9-19/h2-5,12,16H,6-11H2,1H3. The third kappa shape index (κ3) is 2.56. The van der Waals surface area contributed by atoms with Gasteiger partial charge < -0.3 is 9.64 Å². The summed E-state index contributed by atoms with van der Waals surface area (Å²) < 4.78 is 7.55. The van der Waals surface area contributed by atoms with Crippen molar-refractivity contribution in [1.29, 1.82) is 0 Å². The van der Waals surface area contributed by atoms with E-state index in [1.165, 1.54) is 29.7 Å². The number of rotatable bonds is 3. The lowest BCUT2D eigenvalue weighted by atomic mass is 10.1. The highest BCUT2D eigenvalue weighted by Gasteiger charge is 2.25. The maximum Gasteiger partial charge on any atom is 0.0672 e. The molecule has 0 radical (unpaired) electrons. The molecule has 2 aromatic rings. The lowest BCUT2D eigenvalue weighted by Crippen LogP contribution is -2.36. The van der Waals surface area contributed by atoms with E-state index >= 15 is 0 Å². The van der Waals surface area contributed by atoms with Gasteiger partial charge in [-0.25, -0.2) is 0 Å². The van der Waals surface area contributed by atoms with Crippen LogP contribution in [0.25, 0.3) is 11.1 Å². The van der Waals surface area contributed by atoms with Crippen molar-refractivity contribution < 1.29 is 4.74 Å². The number of anilines is 1. The van der Waals surface area contributed by atoms with E-state index in [1.54, 1.807) is 0 Å². The molecule has 0 unspecified atom stereocenters. The van der Waals surface area contributed by atoms with Crippen LogP contribution in [-0.4, -0.2) is 36.1 Å². The highest BCUT2D eigenvalue weighted by molar-refractivity contribution is 5.67. The highest BCUT2D eigenvalue weighted by Crippen LogP contribution is 2.36. The van der Waals surface area contributed by atoms with E-state index in [2.05, 4.69) is 52.1 Å². The predicted octanol–water partition coefficient (Wildman–Crippen LogP) is 3.03. The fourth-order valence-electron chi connectivity index (χ4n) is 2.96. The Morgan fingerprint density at radius 3 is 2.48 bits per heavy atom. The molecule has 0 N–H and O–H groups in total. The van der Waals surface area contributed by atoms with Crippen LogP contribution in [0.4, 0.5) is 5.69 Å². The van der Waals surface area contributed by atoms with Crippen LogP contribution in [0.5, 0.6) is 0 Å². The second kappa shape index (κ2) is 5.19. The fourth-order valence-corrected chi connectivity index (χ4v) is 2.96. The number of aromatic nitrogens is 2. The summed E-state index contributed by atoms with van der Waals surface area (Å²) in [4.78, 5) is 2.38. The normalized spacial score (nSPS) is 19.0. The minimum absolute atomic E-state index is 0.644. The molecule has 21 heavy (non-hydrogen) atoms. The van der Waals surface area contributed by atoms with E-state index in [0.717, 1.165) is 32.0 Å². The van der Waals surface area contributed by atoms with Gasteiger partial charge in [-0.2, -0.15) is 5.10 Å². The minimum atomic E-state index is 0.644. The zero-order valence-electron chi connectivity index (χ0n) is 12.5. The zero-order valence-corrected chi connectivity index (χ0v) is 12.5. The Morgan fingerprint density at radius 2 is 1.81 bits per heavy atom. The number of benzene rings is 1. The van der Waals surface area contributed by atoms with Crippen LogP contribution in [0.15, 0.2) is 30.5 Å². The molecule has 110 valence electrons. The molecule has 4 rings (SSSR count). The van der Waals surface area contributed by atoms with Gasteiger partial charge in [0.2, 0.25) is 0 Å². The number of hydrogen-bond donors (Lipinski definition) is 0. The Bertz CT molecular complexity index is 622. The summed E-state index contributed by atoms with van der Waals surface area (Å²) in [6.07, 6.45) is 4.75. The largest absolute Gasteiger partial charge is 0.378 e. The summed E-state index contributed by atoms with van der Waals surface area (Å²) in [5.41, 5.74) is 4.93. The molecule has 1 aliphatic carbocycles. The van der Waals surface area contributed by atoms with Crippen LogP contribution in [0, 0.1) is 6.92 Å². The van der Waals surface area contributed by atoms with Crippen molar-refractivity contribution in [1.82, 2.24) is 9.78 Å². The van der Waals surface area contributed by atoms with Crippen LogP contribution in [0.3, 0.4) is 0 Å². The Balaban J connectivity index is 1.57. The van der Waals surface area contributed by atoms with Crippen molar-refractivity contribution in [3.05, 3.63) is 36.2 Å². The van der Waals surface area contributed by atoms with E-state index in [1.807, 2.05) is 0 Å². The second-order valence-electron chi connectivity index (χ2n) is 5.99. The van der Waals surface area contributed by atoms with Crippen molar-refractivity contribution in [3.63, 3.8) is 0 Å². The van der Waals surface area contributed by atoms with Gasteiger partial charge in [0.05, 0.1) is 24.9 Å². The summed E-state index contributed by atoms with van der Waals surface area (Å²) in [6, 6.07) is 9.51. The van der Waals surface area contributed by atoms with Crippen LogP contribution >= 0.6 is 0 Å². The lowest BCUT2D eigenvalue weighted by molar-refractivity contribution is 0.122. The third-order valence-electron chi connectivity index (χ3n) is 4.39. The molecule has 0 spiro atoms. The van der Waals surface area contributed by atoms with Gasteiger partial charge in [-0.05, 0) is 37.5 Å². The second-order valence-corrected chi connectivity index (χ2v) is 5.99. The van der Waals surface area contributed by atoms with Gasteiger partial charge in [0.1, 0.15) is 0 Å². The number of morpholine rings is 1. The van der Waals surface area contributed by atoms with Gasteiger partial charge in [0.15, 0.2) is 0 Å². The molecule has 1 saturated carbocycles. The first kappa shape index (κ1) is 12.9. The lowest BCUT2D eigenvalue weighted by Gasteiger charge is -2.28. The van der Waals surface area contributed by atoms with Gasteiger partial charge >= 0.3 is 0 Å². The number of nitrogens with zero attached hydrogens (tertiary/aromatic N) is 3. The molecule has 2 heterocycles. The average molecular weight is 283 g/mol. The summed E-state index contributed by atoms with van der Waals surface area (Å²) >= 11 is 0. The van der Waals surface area contributed by atoms with E-state index in [0.29, 0.717) is 6.04 Å². The molecule has 0 atom stereocenters. The molecule has 1 aliphatic heterocycles. The first-order valence-electron chi connectivity index (χ1n) is 7.80. The van der Waals surface area contributed by atoms with E-state index < -0.39 is 0 Å². The number of aryl methyl sites for hydroxylation is 1. The van der Waals surface area contributed by atoms with Crippen LogP contribution in [0.2, 0.25) is 0 Å². The summed E-state index contributed by atoms with van der Waals surface area (Å²) in [6.45, 7) is 5.73. The first-order valence-corrected chi connectivity index (χ1v) is 7.80. The van der Waals surface area contributed by atoms with Crippen molar-refractivity contribution in [2.24, 2.45) is 0 Å². The number of ether oxygens (including phenoxy) is 1. The van der Waals surface area contributed by atoms with Gasteiger partial charge in [-0.3, -0.25) is 4.68 Å².